The fourth-order valence-corrected chi connectivity index (χ4v) is 6.19. The summed E-state index contributed by atoms with van der Waals surface area (Å²) >= 11 is 0. The Labute approximate surface area is 179 Å². The van der Waals surface area contributed by atoms with E-state index in [1.165, 1.54) is 16.6 Å². The van der Waals surface area contributed by atoms with Crippen LogP contribution < -0.4 is 10.9 Å². The largest absolute Gasteiger partial charge is 0.459 e. The lowest BCUT2D eigenvalue weighted by molar-refractivity contribution is 0.0996. The van der Waals surface area contributed by atoms with Crippen LogP contribution in [-0.4, -0.2) is 36.3 Å². The average molecular weight is 439 g/mol. The maximum Gasteiger partial charge on any atom is 0.291 e. The van der Waals surface area contributed by atoms with Gasteiger partial charge in [-0.05, 0) is 42.7 Å². The molecule has 0 saturated carbocycles. The summed E-state index contributed by atoms with van der Waals surface area (Å²) in [6.45, 7) is 1.03. The fourth-order valence-electron chi connectivity index (χ4n) is 4.61. The highest BCUT2D eigenvalue weighted by Crippen LogP contribution is 2.40. The number of amides is 1. The van der Waals surface area contributed by atoms with Gasteiger partial charge in [-0.2, -0.15) is 4.31 Å². The molecule has 1 saturated heterocycles. The van der Waals surface area contributed by atoms with Crippen LogP contribution in [0.15, 0.2) is 75.0 Å². The lowest BCUT2D eigenvalue weighted by atomic mass is 9.83. The number of anilines is 1. The van der Waals surface area contributed by atoms with Gasteiger partial charge in [0.1, 0.15) is 0 Å². The zero-order valence-corrected chi connectivity index (χ0v) is 17.4. The maximum atomic E-state index is 13.2. The number of carbonyl (C=O) groups is 1. The highest BCUT2D eigenvalue weighted by atomic mass is 32.2. The summed E-state index contributed by atoms with van der Waals surface area (Å²) < 4.78 is 34.7. The Morgan fingerprint density at radius 3 is 2.55 bits per heavy atom. The number of pyridine rings is 1. The molecule has 4 heterocycles. The third-order valence-corrected chi connectivity index (χ3v) is 7.78. The molecule has 8 nitrogen and oxygen atoms in total. The minimum absolute atomic E-state index is 0.0264. The molecule has 2 atom stereocenters. The van der Waals surface area contributed by atoms with Gasteiger partial charge in [0, 0.05) is 37.3 Å². The van der Waals surface area contributed by atoms with Crippen molar-refractivity contribution in [1.82, 2.24) is 8.87 Å². The van der Waals surface area contributed by atoms with Crippen molar-refractivity contribution >= 4 is 21.6 Å². The molecular formula is C22H21N3O5S. The van der Waals surface area contributed by atoms with E-state index < -0.39 is 15.9 Å². The lowest BCUT2D eigenvalue weighted by Crippen LogP contribution is -2.49. The molecule has 31 heavy (non-hydrogen) atoms. The van der Waals surface area contributed by atoms with Crippen molar-refractivity contribution in [2.24, 2.45) is 5.92 Å². The van der Waals surface area contributed by atoms with Gasteiger partial charge in [0.2, 0.25) is 10.0 Å². The van der Waals surface area contributed by atoms with E-state index in [2.05, 4.69) is 5.32 Å². The number of carbonyl (C=O) groups excluding carboxylic acids is 1. The molecule has 1 fully saturated rings. The summed E-state index contributed by atoms with van der Waals surface area (Å²) in [5, 5.41) is 2.83. The third-order valence-electron chi connectivity index (χ3n) is 5.93. The summed E-state index contributed by atoms with van der Waals surface area (Å²) in [5.74, 6) is -0.432. The van der Waals surface area contributed by atoms with Gasteiger partial charge in [-0.1, -0.05) is 18.2 Å². The number of aromatic nitrogens is 1. The number of furan rings is 1. The minimum atomic E-state index is -3.64. The van der Waals surface area contributed by atoms with Crippen molar-refractivity contribution in [1.29, 1.82) is 0 Å². The van der Waals surface area contributed by atoms with Crippen LogP contribution >= 0.6 is 0 Å². The minimum Gasteiger partial charge on any atom is -0.459 e. The second-order valence-electron chi connectivity index (χ2n) is 7.95. The SMILES string of the molecule is O=C(Nc1ccc(=O)n2c1[C@@H]1C[C@H](CN(S(=O)(=O)c3ccccc3)C1)C2)c1ccco1. The fraction of sp³-hybridized carbons (Fsp3) is 0.273. The standard InChI is InChI=1S/C22H21N3O5S/c26-20-9-8-18(23-22(27)19-7-4-10-30-19)21-16-11-15(13-25(20)21)12-24(14-16)31(28,29)17-5-2-1-3-6-17/h1-10,15-16H,11-14H2,(H,23,27)/t15-,16-/m1/s1. The first kappa shape index (κ1) is 19.8. The number of sulfonamides is 1. The Morgan fingerprint density at radius 2 is 1.81 bits per heavy atom. The van der Waals surface area contributed by atoms with Crippen molar-refractivity contribution in [3.8, 4) is 0 Å². The van der Waals surface area contributed by atoms with Gasteiger partial charge in [-0.15, -0.1) is 0 Å². The molecule has 0 unspecified atom stereocenters. The van der Waals surface area contributed by atoms with E-state index in [1.807, 2.05) is 0 Å². The Balaban J connectivity index is 1.50. The van der Waals surface area contributed by atoms with Crippen LogP contribution in [-0.2, 0) is 16.6 Å². The molecule has 5 rings (SSSR count). The zero-order valence-electron chi connectivity index (χ0n) is 16.6. The first-order valence-electron chi connectivity index (χ1n) is 10.1. The van der Waals surface area contributed by atoms with Gasteiger partial charge < -0.3 is 14.3 Å². The van der Waals surface area contributed by atoms with Crippen LogP contribution in [0.5, 0.6) is 0 Å². The van der Waals surface area contributed by atoms with Crippen LogP contribution in [0.1, 0.15) is 28.6 Å². The van der Waals surface area contributed by atoms with E-state index in [1.54, 1.807) is 53.1 Å². The van der Waals surface area contributed by atoms with E-state index in [0.717, 1.165) is 6.42 Å². The van der Waals surface area contributed by atoms with Gasteiger partial charge in [0.05, 0.1) is 16.8 Å². The Bertz CT molecular complexity index is 1280. The second kappa shape index (κ2) is 7.51. The molecule has 0 aliphatic carbocycles. The van der Waals surface area contributed by atoms with E-state index in [-0.39, 0.29) is 34.6 Å². The average Bonchev–Trinajstić information content (AvgIpc) is 3.31. The molecule has 1 N–H and O–H groups in total. The van der Waals surface area contributed by atoms with E-state index >= 15 is 0 Å². The van der Waals surface area contributed by atoms with Crippen molar-refractivity contribution in [3.63, 3.8) is 0 Å². The highest BCUT2D eigenvalue weighted by Gasteiger charge is 2.40. The number of nitrogens with one attached hydrogen (secondary N) is 1. The quantitative estimate of drug-likeness (QED) is 0.673. The van der Waals surface area contributed by atoms with Crippen molar-refractivity contribution in [2.75, 3.05) is 18.4 Å². The summed E-state index contributed by atoms with van der Waals surface area (Å²) in [6, 6.07) is 14.6. The highest BCUT2D eigenvalue weighted by molar-refractivity contribution is 7.89. The van der Waals surface area contributed by atoms with Crippen LogP contribution in [0, 0.1) is 5.92 Å². The van der Waals surface area contributed by atoms with Crippen molar-refractivity contribution in [3.05, 3.63) is 82.7 Å². The number of rotatable bonds is 4. The van der Waals surface area contributed by atoms with Gasteiger partial charge in [0.15, 0.2) is 5.76 Å². The second-order valence-corrected chi connectivity index (χ2v) is 9.88. The van der Waals surface area contributed by atoms with Crippen LogP contribution in [0.25, 0.3) is 0 Å². The van der Waals surface area contributed by atoms with Gasteiger partial charge in [-0.3, -0.25) is 9.59 Å². The summed E-state index contributed by atoms with van der Waals surface area (Å²) in [6.07, 6.45) is 2.17. The molecule has 2 aliphatic rings. The van der Waals surface area contributed by atoms with Crippen molar-refractivity contribution < 1.29 is 17.6 Å². The Morgan fingerprint density at radius 1 is 1.00 bits per heavy atom. The number of hydrogen-bond donors (Lipinski definition) is 1. The van der Waals surface area contributed by atoms with E-state index in [9.17, 15) is 18.0 Å². The first-order chi connectivity index (χ1) is 14.9. The maximum absolute atomic E-state index is 13.2. The monoisotopic (exact) mass is 439 g/mol. The van der Waals surface area contributed by atoms with Crippen LogP contribution in [0.3, 0.4) is 0 Å². The molecule has 1 aromatic carbocycles. The normalized spacial score (nSPS) is 20.8. The molecule has 2 bridgehead atoms. The van der Waals surface area contributed by atoms with Gasteiger partial charge in [-0.25, -0.2) is 8.42 Å². The molecule has 1 amide bonds. The predicted octanol–water partition coefficient (Wildman–Crippen LogP) is 2.50. The summed E-state index contributed by atoms with van der Waals surface area (Å²) in [5.41, 5.74) is 1.01. The smallest absolute Gasteiger partial charge is 0.291 e. The molecule has 2 aliphatic heterocycles. The molecule has 160 valence electrons. The third kappa shape index (κ3) is 3.49. The molecule has 0 radical (unpaired) electrons. The Hall–Kier alpha value is -3.17. The number of benzene rings is 1. The molecule has 2 aromatic heterocycles. The number of hydrogen-bond acceptors (Lipinski definition) is 5. The van der Waals surface area contributed by atoms with E-state index in [0.29, 0.717) is 24.5 Å². The topological polar surface area (TPSA) is 102 Å². The summed E-state index contributed by atoms with van der Waals surface area (Å²) in [4.78, 5) is 25.3. The van der Waals surface area contributed by atoms with Crippen LogP contribution in [0.2, 0.25) is 0 Å². The van der Waals surface area contributed by atoms with Gasteiger partial charge >= 0.3 is 0 Å². The zero-order chi connectivity index (χ0) is 21.6. The van der Waals surface area contributed by atoms with Crippen molar-refractivity contribution in [2.45, 2.75) is 23.8 Å². The lowest BCUT2D eigenvalue weighted by Gasteiger charge is -2.42. The number of piperidine rings is 1. The number of nitrogens with zero attached hydrogens (tertiary/aromatic N) is 2. The first-order valence-corrected chi connectivity index (χ1v) is 11.5. The molecule has 3 aromatic rings. The van der Waals surface area contributed by atoms with Gasteiger partial charge in [0.25, 0.3) is 11.5 Å². The molecule has 9 heteroatoms. The molecule has 0 spiro atoms. The van der Waals surface area contributed by atoms with E-state index in [4.69, 9.17) is 4.42 Å². The molecular weight excluding hydrogens is 418 g/mol. The predicted molar refractivity (Wildman–Crippen MR) is 113 cm³/mol. The van der Waals surface area contributed by atoms with Crippen LogP contribution in [0.4, 0.5) is 5.69 Å². The Kier molecular flexibility index (Phi) is 4.79. The number of fused-ring (bicyclic) bond motifs is 4. The summed E-state index contributed by atoms with van der Waals surface area (Å²) in [7, 11) is -3.64.